The number of nitrogens with zero attached hydrogens (tertiary/aromatic N) is 1. The van der Waals surface area contributed by atoms with Crippen molar-refractivity contribution in [3.8, 4) is 0 Å². The minimum absolute atomic E-state index is 0. The Hall–Kier alpha value is -1.31. The van der Waals surface area contributed by atoms with Crippen molar-refractivity contribution in [1.82, 2.24) is 9.97 Å². The number of rotatable bonds is 0. The van der Waals surface area contributed by atoms with Gasteiger partial charge < -0.3 is 4.98 Å². The molecule has 0 radical (unpaired) electrons. The molecule has 0 aliphatic heterocycles. The number of aromatic amines is 1. The molecule has 2 aromatic rings. The lowest BCUT2D eigenvalue weighted by molar-refractivity contribution is 0.574. The molecule has 0 fully saturated rings. The highest BCUT2D eigenvalue weighted by atomic mass is 14.8. The summed E-state index contributed by atoms with van der Waals surface area (Å²) in [6.07, 6.45) is 3.83. The second-order valence-electron chi connectivity index (χ2n) is 4.35. The van der Waals surface area contributed by atoms with Gasteiger partial charge in [-0.2, -0.15) is 0 Å². The van der Waals surface area contributed by atoms with Gasteiger partial charge in [0.1, 0.15) is 0 Å². The van der Waals surface area contributed by atoms with E-state index in [0.717, 1.165) is 11.2 Å². The molecule has 0 saturated carbocycles. The minimum Gasteiger partial charge on any atom is -0.360 e. The number of fused-ring (bicyclic) bond motifs is 1. The Bertz CT molecular complexity index is 426. The van der Waals surface area contributed by atoms with Gasteiger partial charge in [-0.05, 0) is 12.1 Å². The highest BCUT2D eigenvalue weighted by molar-refractivity contribution is 5.81. The average molecular weight is 176 g/mol. The van der Waals surface area contributed by atoms with E-state index >= 15 is 0 Å². The van der Waals surface area contributed by atoms with Crippen LogP contribution in [0.15, 0.2) is 24.5 Å². The Morgan fingerprint density at radius 1 is 1.31 bits per heavy atom. The maximum absolute atomic E-state index is 4.42. The highest BCUT2D eigenvalue weighted by Gasteiger charge is 2.18. The molecule has 0 aromatic carbocycles. The van der Waals surface area contributed by atoms with E-state index < -0.39 is 0 Å². The third-order valence-electron chi connectivity index (χ3n) is 2.18. The smallest absolute Gasteiger partial charge is 0.0697 e. The standard InChI is InChI=1S/C11H14N2.H2/c1-11(2,3)10-9-8(4-6-12-9)5-7-13-10;/h4-7,12H,1-3H3;1H. The van der Waals surface area contributed by atoms with Crippen LogP contribution in [0.25, 0.3) is 10.9 Å². The molecule has 0 amide bonds. The lowest BCUT2D eigenvalue weighted by Gasteiger charge is -2.18. The van der Waals surface area contributed by atoms with Crippen LogP contribution in [-0.2, 0) is 5.41 Å². The molecule has 0 bridgehead atoms. The number of hydrogen-bond acceptors (Lipinski definition) is 1. The summed E-state index contributed by atoms with van der Waals surface area (Å²) in [6.45, 7) is 6.53. The number of hydrogen-bond donors (Lipinski definition) is 1. The van der Waals surface area contributed by atoms with Crippen LogP contribution in [0.2, 0.25) is 0 Å². The predicted molar refractivity (Wildman–Crippen MR) is 56.9 cm³/mol. The number of H-pyrrole nitrogens is 1. The zero-order valence-corrected chi connectivity index (χ0v) is 8.26. The summed E-state index contributed by atoms with van der Waals surface area (Å²) in [5.74, 6) is 0. The van der Waals surface area contributed by atoms with Crippen molar-refractivity contribution in [2.75, 3.05) is 0 Å². The van der Waals surface area contributed by atoms with Crippen LogP contribution in [0.5, 0.6) is 0 Å². The zero-order chi connectivity index (χ0) is 9.47. The quantitative estimate of drug-likeness (QED) is 0.656. The fourth-order valence-electron chi connectivity index (χ4n) is 1.55. The summed E-state index contributed by atoms with van der Waals surface area (Å²) in [5.41, 5.74) is 2.40. The van der Waals surface area contributed by atoms with Gasteiger partial charge >= 0.3 is 0 Å². The molecule has 0 spiro atoms. The van der Waals surface area contributed by atoms with Gasteiger partial charge in [0.15, 0.2) is 0 Å². The van der Waals surface area contributed by atoms with Crippen LogP contribution >= 0.6 is 0 Å². The van der Waals surface area contributed by atoms with E-state index in [1.165, 1.54) is 5.39 Å². The summed E-state index contributed by atoms with van der Waals surface area (Å²) in [4.78, 5) is 7.65. The van der Waals surface area contributed by atoms with Crippen LogP contribution in [0.4, 0.5) is 0 Å². The summed E-state index contributed by atoms with van der Waals surface area (Å²) in [5, 5.41) is 1.24. The van der Waals surface area contributed by atoms with E-state index in [-0.39, 0.29) is 6.84 Å². The molecule has 70 valence electrons. The van der Waals surface area contributed by atoms with Gasteiger partial charge in [-0.15, -0.1) is 0 Å². The molecule has 0 saturated heterocycles. The van der Waals surface area contributed by atoms with E-state index in [9.17, 15) is 0 Å². The minimum atomic E-state index is 0. The molecule has 0 aliphatic carbocycles. The second-order valence-corrected chi connectivity index (χ2v) is 4.35. The van der Waals surface area contributed by atoms with E-state index in [0.29, 0.717) is 0 Å². The van der Waals surface area contributed by atoms with Gasteiger partial charge in [-0.25, -0.2) is 0 Å². The molecule has 1 N–H and O–H groups in total. The Labute approximate surface area is 79.5 Å². The van der Waals surface area contributed by atoms with E-state index in [4.69, 9.17) is 0 Å². The molecule has 2 aromatic heterocycles. The first-order valence-electron chi connectivity index (χ1n) is 4.51. The molecule has 2 heterocycles. The SMILES string of the molecule is CC(C)(C)c1nccc2cc[nH]c12.[HH]. The van der Waals surface area contributed by atoms with Gasteiger partial charge in [0.25, 0.3) is 0 Å². The summed E-state index contributed by atoms with van der Waals surface area (Å²) < 4.78 is 0. The van der Waals surface area contributed by atoms with Gasteiger partial charge in [-0.1, -0.05) is 20.8 Å². The fourth-order valence-corrected chi connectivity index (χ4v) is 1.55. The monoisotopic (exact) mass is 176 g/mol. The number of nitrogens with one attached hydrogen (secondary N) is 1. The molecule has 2 heteroatoms. The summed E-state index contributed by atoms with van der Waals surface area (Å²) in [6, 6.07) is 4.10. The number of pyridine rings is 1. The Balaban J connectivity index is 0.000000980. The molecule has 0 unspecified atom stereocenters. The van der Waals surface area contributed by atoms with E-state index in [2.05, 4.69) is 36.8 Å². The molecular weight excluding hydrogens is 160 g/mol. The van der Waals surface area contributed by atoms with E-state index in [1.54, 1.807) is 0 Å². The van der Waals surface area contributed by atoms with Crippen LogP contribution in [0.1, 0.15) is 27.9 Å². The van der Waals surface area contributed by atoms with Crippen molar-refractivity contribution >= 4 is 10.9 Å². The summed E-state index contributed by atoms with van der Waals surface area (Å²) in [7, 11) is 0. The lowest BCUT2D eigenvalue weighted by Crippen LogP contribution is -2.13. The molecule has 13 heavy (non-hydrogen) atoms. The van der Waals surface area contributed by atoms with Crippen molar-refractivity contribution in [2.45, 2.75) is 26.2 Å². The number of aromatic nitrogens is 2. The van der Waals surface area contributed by atoms with Gasteiger partial charge in [0.2, 0.25) is 0 Å². The topological polar surface area (TPSA) is 28.7 Å². The molecular formula is C11H16N2. The lowest BCUT2D eigenvalue weighted by atomic mass is 9.90. The van der Waals surface area contributed by atoms with E-state index in [1.807, 2.05) is 18.5 Å². The summed E-state index contributed by atoms with van der Waals surface area (Å²) >= 11 is 0. The first-order chi connectivity index (χ1) is 6.09. The van der Waals surface area contributed by atoms with Crippen molar-refractivity contribution in [2.24, 2.45) is 0 Å². The first-order valence-corrected chi connectivity index (χ1v) is 4.51. The molecule has 0 atom stereocenters. The van der Waals surface area contributed by atoms with Gasteiger partial charge in [-0.3, -0.25) is 4.98 Å². The highest BCUT2D eigenvalue weighted by Crippen LogP contribution is 2.26. The largest absolute Gasteiger partial charge is 0.360 e. The maximum atomic E-state index is 4.42. The Morgan fingerprint density at radius 3 is 2.77 bits per heavy atom. The third-order valence-corrected chi connectivity index (χ3v) is 2.18. The Kier molecular flexibility index (Phi) is 1.65. The fraction of sp³-hybridized carbons (Fsp3) is 0.364. The van der Waals surface area contributed by atoms with Crippen LogP contribution < -0.4 is 0 Å². The van der Waals surface area contributed by atoms with Gasteiger partial charge in [0.05, 0.1) is 11.2 Å². The average Bonchev–Trinajstić information content (AvgIpc) is 2.48. The van der Waals surface area contributed by atoms with Crippen LogP contribution in [0, 0.1) is 0 Å². The van der Waals surface area contributed by atoms with Crippen molar-refractivity contribution in [3.63, 3.8) is 0 Å². The van der Waals surface area contributed by atoms with Gasteiger partial charge in [0, 0.05) is 24.6 Å². The van der Waals surface area contributed by atoms with Crippen molar-refractivity contribution < 1.29 is 1.43 Å². The molecule has 2 nitrogen and oxygen atoms in total. The zero-order valence-electron chi connectivity index (χ0n) is 8.26. The van der Waals surface area contributed by atoms with Crippen molar-refractivity contribution in [3.05, 3.63) is 30.2 Å². The first kappa shape index (κ1) is 8.30. The second kappa shape index (κ2) is 2.59. The third kappa shape index (κ3) is 1.32. The molecule has 0 aliphatic rings. The predicted octanol–water partition coefficient (Wildman–Crippen LogP) is 3.11. The van der Waals surface area contributed by atoms with Crippen LogP contribution in [0.3, 0.4) is 0 Å². The maximum Gasteiger partial charge on any atom is 0.0697 e. The Morgan fingerprint density at radius 2 is 2.08 bits per heavy atom. The normalized spacial score (nSPS) is 12.2. The molecule has 2 rings (SSSR count). The van der Waals surface area contributed by atoms with Crippen molar-refractivity contribution in [1.29, 1.82) is 0 Å². The van der Waals surface area contributed by atoms with Crippen LogP contribution in [-0.4, -0.2) is 9.97 Å².